The lowest BCUT2D eigenvalue weighted by Gasteiger charge is -2.13. The number of benzene rings is 2. The molecule has 0 aliphatic carbocycles. The molecule has 1 amide bonds. The van der Waals surface area contributed by atoms with Crippen LogP contribution in [-0.4, -0.2) is 29.7 Å². The summed E-state index contributed by atoms with van der Waals surface area (Å²) in [6, 6.07) is 14.5. The summed E-state index contributed by atoms with van der Waals surface area (Å²) in [6.45, 7) is 0.617. The Bertz CT molecular complexity index is 950. The average molecular weight is 350 g/mol. The average Bonchev–Trinajstić information content (AvgIpc) is 3.29. The highest BCUT2D eigenvalue weighted by Gasteiger charge is 2.29. The fraction of sp³-hybridized carbons (Fsp3) is 0.200. The number of carbonyl (C=O) groups excluding carboxylic acids is 1. The van der Waals surface area contributed by atoms with E-state index in [1.807, 2.05) is 30.3 Å². The summed E-state index contributed by atoms with van der Waals surface area (Å²) in [4.78, 5) is 18.5. The highest BCUT2D eigenvalue weighted by molar-refractivity contribution is 5.97. The predicted octanol–water partition coefficient (Wildman–Crippen LogP) is 3.85. The molecule has 26 heavy (non-hydrogen) atoms. The topological polar surface area (TPSA) is 75.8 Å². The summed E-state index contributed by atoms with van der Waals surface area (Å²) in [5.74, 6) is 1.24. The van der Waals surface area contributed by atoms with Crippen molar-refractivity contribution >= 4 is 11.8 Å². The van der Waals surface area contributed by atoms with Crippen molar-refractivity contribution in [2.45, 2.75) is 12.8 Å². The SMILES string of the molecule is COc1cc(-c2nc(-c3ccccc3)c(N3CCCC3=O)o2)ccc1O. The smallest absolute Gasteiger partial charge is 0.231 e. The predicted molar refractivity (Wildman–Crippen MR) is 97.2 cm³/mol. The van der Waals surface area contributed by atoms with Crippen molar-refractivity contribution in [3.8, 4) is 34.2 Å². The summed E-state index contributed by atoms with van der Waals surface area (Å²) in [5, 5.41) is 9.80. The van der Waals surface area contributed by atoms with Gasteiger partial charge in [0.05, 0.1) is 7.11 Å². The van der Waals surface area contributed by atoms with E-state index in [0.29, 0.717) is 41.7 Å². The van der Waals surface area contributed by atoms with Crippen molar-refractivity contribution in [3.05, 3.63) is 48.5 Å². The molecule has 2 heterocycles. The third-order valence-corrected chi connectivity index (χ3v) is 4.40. The number of hydrogen-bond donors (Lipinski definition) is 1. The van der Waals surface area contributed by atoms with E-state index in [0.717, 1.165) is 12.0 Å². The van der Waals surface area contributed by atoms with Crippen LogP contribution < -0.4 is 9.64 Å². The number of anilines is 1. The van der Waals surface area contributed by atoms with Crippen LogP contribution in [0.5, 0.6) is 11.5 Å². The van der Waals surface area contributed by atoms with Crippen molar-refractivity contribution in [1.82, 2.24) is 4.98 Å². The van der Waals surface area contributed by atoms with E-state index in [4.69, 9.17) is 9.15 Å². The van der Waals surface area contributed by atoms with E-state index < -0.39 is 0 Å². The number of carbonyl (C=O) groups is 1. The summed E-state index contributed by atoms with van der Waals surface area (Å²) >= 11 is 0. The van der Waals surface area contributed by atoms with Crippen LogP contribution >= 0.6 is 0 Å². The Balaban J connectivity index is 1.85. The number of hydrogen-bond acceptors (Lipinski definition) is 5. The number of methoxy groups -OCH3 is 1. The number of aromatic nitrogens is 1. The Hall–Kier alpha value is -3.28. The van der Waals surface area contributed by atoms with Crippen LogP contribution in [0, 0.1) is 0 Å². The van der Waals surface area contributed by atoms with Crippen LogP contribution in [0.3, 0.4) is 0 Å². The maximum absolute atomic E-state index is 12.2. The molecule has 1 fully saturated rings. The number of oxazole rings is 1. The first-order valence-electron chi connectivity index (χ1n) is 8.41. The molecule has 1 N–H and O–H groups in total. The minimum Gasteiger partial charge on any atom is -0.504 e. The highest BCUT2D eigenvalue weighted by atomic mass is 16.5. The van der Waals surface area contributed by atoms with Crippen LogP contribution in [0.1, 0.15) is 12.8 Å². The standard InChI is InChI=1S/C20H18N2O4/c1-25-16-12-14(9-10-15(16)23)19-21-18(13-6-3-2-4-7-13)20(26-19)22-11-5-8-17(22)24/h2-4,6-7,9-10,12,23H,5,8,11H2,1H3. The zero-order valence-corrected chi connectivity index (χ0v) is 14.3. The van der Waals surface area contributed by atoms with Gasteiger partial charge in [0.25, 0.3) is 0 Å². The monoisotopic (exact) mass is 350 g/mol. The van der Waals surface area contributed by atoms with Crippen molar-refractivity contribution in [2.24, 2.45) is 0 Å². The van der Waals surface area contributed by atoms with E-state index in [9.17, 15) is 9.90 Å². The molecular weight excluding hydrogens is 332 g/mol. The lowest BCUT2D eigenvalue weighted by atomic mass is 10.1. The lowest BCUT2D eigenvalue weighted by Crippen LogP contribution is -2.23. The molecule has 1 aromatic heterocycles. The van der Waals surface area contributed by atoms with Crippen LogP contribution in [0.2, 0.25) is 0 Å². The van der Waals surface area contributed by atoms with Gasteiger partial charge in [-0.2, -0.15) is 0 Å². The molecule has 3 aromatic rings. The van der Waals surface area contributed by atoms with Gasteiger partial charge in [-0.3, -0.25) is 9.69 Å². The molecule has 2 aromatic carbocycles. The number of aromatic hydroxyl groups is 1. The number of phenolic OH excluding ortho intramolecular Hbond substituents is 1. The summed E-state index contributed by atoms with van der Waals surface area (Å²) < 4.78 is 11.2. The second-order valence-corrected chi connectivity index (χ2v) is 6.07. The van der Waals surface area contributed by atoms with Crippen molar-refractivity contribution in [2.75, 3.05) is 18.6 Å². The minimum atomic E-state index is 0.0353. The van der Waals surface area contributed by atoms with E-state index in [1.165, 1.54) is 13.2 Å². The molecule has 1 aliphatic rings. The molecule has 0 saturated carbocycles. The van der Waals surface area contributed by atoms with E-state index in [1.54, 1.807) is 17.0 Å². The van der Waals surface area contributed by atoms with E-state index in [2.05, 4.69) is 4.98 Å². The molecule has 0 unspecified atom stereocenters. The van der Waals surface area contributed by atoms with Crippen molar-refractivity contribution < 1.29 is 19.1 Å². The molecule has 1 saturated heterocycles. The van der Waals surface area contributed by atoms with Crippen LogP contribution in [-0.2, 0) is 4.79 Å². The fourth-order valence-corrected chi connectivity index (χ4v) is 3.08. The number of nitrogens with zero attached hydrogens (tertiary/aromatic N) is 2. The second kappa shape index (κ2) is 6.55. The van der Waals surface area contributed by atoms with E-state index in [-0.39, 0.29) is 11.7 Å². The zero-order valence-electron chi connectivity index (χ0n) is 14.3. The quantitative estimate of drug-likeness (QED) is 0.773. The molecule has 6 nitrogen and oxygen atoms in total. The number of phenols is 1. The summed E-state index contributed by atoms with van der Waals surface area (Å²) in [5.41, 5.74) is 2.17. The molecule has 1 aliphatic heterocycles. The molecule has 0 bridgehead atoms. The molecule has 0 spiro atoms. The second-order valence-electron chi connectivity index (χ2n) is 6.07. The number of ether oxygens (including phenoxy) is 1. The molecule has 0 radical (unpaired) electrons. The van der Waals surface area contributed by atoms with Crippen LogP contribution in [0.25, 0.3) is 22.7 Å². The normalized spacial score (nSPS) is 14.0. The third kappa shape index (κ3) is 2.79. The first-order valence-corrected chi connectivity index (χ1v) is 8.41. The molecule has 132 valence electrons. The third-order valence-electron chi connectivity index (χ3n) is 4.40. The maximum Gasteiger partial charge on any atom is 0.231 e. The van der Waals surface area contributed by atoms with Gasteiger partial charge in [0.1, 0.15) is 5.69 Å². The van der Waals surface area contributed by atoms with Gasteiger partial charge in [-0.1, -0.05) is 30.3 Å². The van der Waals surface area contributed by atoms with Gasteiger partial charge in [-0.05, 0) is 24.6 Å². The Labute approximate surface area is 150 Å². The van der Waals surface area contributed by atoms with Gasteiger partial charge in [0.2, 0.25) is 17.7 Å². The zero-order chi connectivity index (χ0) is 18.1. The van der Waals surface area contributed by atoms with Crippen LogP contribution in [0.15, 0.2) is 52.9 Å². The van der Waals surface area contributed by atoms with Crippen molar-refractivity contribution in [1.29, 1.82) is 0 Å². The summed E-state index contributed by atoms with van der Waals surface area (Å²) in [7, 11) is 1.48. The van der Waals surface area contributed by atoms with Gasteiger partial charge in [-0.25, -0.2) is 4.98 Å². The Kier molecular flexibility index (Phi) is 4.08. The molecular formula is C20H18N2O4. The van der Waals surface area contributed by atoms with Gasteiger partial charge in [-0.15, -0.1) is 0 Å². The number of amides is 1. The fourth-order valence-electron chi connectivity index (χ4n) is 3.08. The Morgan fingerprint density at radius 3 is 2.65 bits per heavy atom. The minimum absolute atomic E-state index is 0.0353. The Morgan fingerprint density at radius 2 is 1.96 bits per heavy atom. The van der Waals surface area contributed by atoms with Crippen molar-refractivity contribution in [3.63, 3.8) is 0 Å². The molecule has 0 atom stereocenters. The van der Waals surface area contributed by atoms with Gasteiger partial charge < -0.3 is 14.3 Å². The lowest BCUT2D eigenvalue weighted by molar-refractivity contribution is -0.117. The molecule has 4 rings (SSSR count). The van der Waals surface area contributed by atoms with Crippen LogP contribution in [0.4, 0.5) is 5.88 Å². The Morgan fingerprint density at radius 1 is 1.15 bits per heavy atom. The largest absolute Gasteiger partial charge is 0.504 e. The first-order chi connectivity index (χ1) is 12.7. The van der Waals surface area contributed by atoms with Gasteiger partial charge in [0, 0.05) is 24.1 Å². The highest BCUT2D eigenvalue weighted by Crippen LogP contribution is 2.38. The van der Waals surface area contributed by atoms with Gasteiger partial charge in [0.15, 0.2) is 11.5 Å². The first kappa shape index (κ1) is 16.2. The van der Waals surface area contributed by atoms with E-state index >= 15 is 0 Å². The number of rotatable bonds is 4. The summed E-state index contributed by atoms with van der Waals surface area (Å²) in [6.07, 6.45) is 1.31. The van der Waals surface area contributed by atoms with Gasteiger partial charge >= 0.3 is 0 Å². The maximum atomic E-state index is 12.2. The molecule has 6 heteroatoms.